The Bertz CT molecular complexity index is 773. The second-order valence-corrected chi connectivity index (χ2v) is 4.60. The Morgan fingerprint density at radius 3 is 2.60 bits per heavy atom. The summed E-state index contributed by atoms with van der Waals surface area (Å²) in [6.07, 6.45) is 2.81. The third-order valence-corrected chi connectivity index (χ3v) is 3.37. The maximum absolute atomic E-state index is 11.3. The first-order valence-electron chi connectivity index (χ1n) is 6.50. The van der Waals surface area contributed by atoms with Gasteiger partial charge in [0.2, 0.25) is 0 Å². The maximum Gasteiger partial charge on any atom is 0.356 e. The SMILES string of the molecule is CCc1ccc(-c2nc(C(=O)O)c3ccccn23)cc1. The van der Waals surface area contributed by atoms with Crippen molar-refractivity contribution < 1.29 is 9.90 Å². The lowest BCUT2D eigenvalue weighted by atomic mass is 10.1. The highest BCUT2D eigenvalue weighted by Gasteiger charge is 2.16. The summed E-state index contributed by atoms with van der Waals surface area (Å²) in [5.74, 6) is -0.356. The Morgan fingerprint density at radius 1 is 1.20 bits per heavy atom. The van der Waals surface area contributed by atoms with Crippen LogP contribution in [0, 0.1) is 0 Å². The number of pyridine rings is 1. The molecule has 0 radical (unpaired) electrons. The number of fused-ring (bicyclic) bond motifs is 1. The van der Waals surface area contributed by atoms with Crippen LogP contribution in [0.5, 0.6) is 0 Å². The summed E-state index contributed by atoms with van der Waals surface area (Å²) in [6.45, 7) is 2.10. The number of carbonyl (C=O) groups is 1. The summed E-state index contributed by atoms with van der Waals surface area (Å²) in [5.41, 5.74) is 2.85. The number of imidazole rings is 1. The van der Waals surface area contributed by atoms with Crippen molar-refractivity contribution in [2.75, 3.05) is 0 Å². The van der Waals surface area contributed by atoms with Gasteiger partial charge in [-0.15, -0.1) is 0 Å². The second kappa shape index (κ2) is 4.81. The number of hydrogen-bond donors (Lipinski definition) is 1. The number of carboxylic acid groups (broad SMARTS) is 1. The Labute approximate surface area is 116 Å². The van der Waals surface area contributed by atoms with E-state index in [4.69, 9.17) is 0 Å². The number of rotatable bonds is 3. The summed E-state index contributed by atoms with van der Waals surface area (Å²) in [7, 11) is 0. The molecule has 1 N–H and O–H groups in total. The van der Waals surface area contributed by atoms with Gasteiger partial charge in [0.25, 0.3) is 0 Å². The number of aryl methyl sites for hydroxylation is 1. The fourth-order valence-corrected chi connectivity index (χ4v) is 2.29. The van der Waals surface area contributed by atoms with Crippen molar-refractivity contribution in [1.82, 2.24) is 9.38 Å². The molecule has 0 saturated carbocycles. The maximum atomic E-state index is 11.3. The number of carboxylic acids is 1. The lowest BCUT2D eigenvalue weighted by Crippen LogP contribution is -1.96. The second-order valence-electron chi connectivity index (χ2n) is 4.60. The first-order chi connectivity index (χ1) is 9.70. The van der Waals surface area contributed by atoms with E-state index in [1.165, 1.54) is 5.56 Å². The van der Waals surface area contributed by atoms with E-state index in [2.05, 4.69) is 11.9 Å². The van der Waals surface area contributed by atoms with E-state index in [1.54, 1.807) is 6.07 Å². The Kier molecular flexibility index (Phi) is 2.99. The van der Waals surface area contributed by atoms with Crippen molar-refractivity contribution in [3.05, 3.63) is 59.9 Å². The normalized spacial score (nSPS) is 10.8. The predicted octanol–water partition coefficient (Wildman–Crippen LogP) is 3.26. The Morgan fingerprint density at radius 2 is 1.95 bits per heavy atom. The highest BCUT2D eigenvalue weighted by atomic mass is 16.4. The van der Waals surface area contributed by atoms with Gasteiger partial charge >= 0.3 is 5.97 Å². The minimum absolute atomic E-state index is 0.0835. The molecule has 1 aromatic carbocycles. The van der Waals surface area contributed by atoms with Crippen LogP contribution in [-0.4, -0.2) is 20.5 Å². The van der Waals surface area contributed by atoms with Crippen LogP contribution in [-0.2, 0) is 6.42 Å². The van der Waals surface area contributed by atoms with E-state index in [9.17, 15) is 9.90 Å². The number of aromatic carboxylic acids is 1. The first-order valence-corrected chi connectivity index (χ1v) is 6.50. The third-order valence-electron chi connectivity index (χ3n) is 3.37. The minimum Gasteiger partial charge on any atom is -0.476 e. The number of hydrogen-bond acceptors (Lipinski definition) is 2. The van der Waals surface area contributed by atoms with Crippen LogP contribution in [0.2, 0.25) is 0 Å². The molecule has 0 aliphatic carbocycles. The molecule has 3 aromatic rings. The topological polar surface area (TPSA) is 54.6 Å². The molecule has 4 heteroatoms. The highest BCUT2D eigenvalue weighted by Crippen LogP contribution is 2.23. The van der Waals surface area contributed by atoms with Gasteiger partial charge in [0, 0.05) is 11.8 Å². The molecule has 0 amide bonds. The zero-order chi connectivity index (χ0) is 14.1. The zero-order valence-corrected chi connectivity index (χ0v) is 11.1. The van der Waals surface area contributed by atoms with Gasteiger partial charge in [-0.25, -0.2) is 9.78 Å². The molecule has 0 unspecified atom stereocenters. The third kappa shape index (κ3) is 1.95. The van der Waals surface area contributed by atoms with Crippen LogP contribution in [0.4, 0.5) is 0 Å². The van der Waals surface area contributed by atoms with Gasteiger partial charge in [0.05, 0.1) is 5.52 Å². The molecule has 0 aliphatic rings. The molecule has 0 bridgehead atoms. The van der Waals surface area contributed by atoms with Gasteiger partial charge in [-0.1, -0.05) is 37.3 Å². The smallest absolute Gasteiger partial charge is 0.356 e. The average molecular weight is 266 g/mol. The average Bonchev–Trinajstić information content (AvgIpc) is 2.87. The Balaban J connectivity index is 2.22. The van der Waals surface area contributed by atoms with E-state index in [-0.39, 0.29) is 5.69 Å². The molecule has 0 aliphatic heterocycles. The van der Waals surface area contributed by atoms with Crippen molar-refractivity contribution in [1.29, 1.82) is 0 Å². The molecule has 2 aromatic heterocycles. The standard InChI is InChI=1S/C16H14N2O2/c1-2-11-6-8-12(9-7-11)15-17-14(16(19)20)13-5-3-4-10-18(13)15/h3-10H,2H2,1H3,(H,19,20). The van der Waals surface area contributed by atoms with Crippen molar-refractivity contribution in [3.8, 4) is 11.4 Å². The monoisotopic (exact) mass is 266 g/mol. The largest absolute Gasteiger partial charge is 0.476 e. The van der Waals surface area contributed by atoms with Gasteiger partial charge in [-0.2, -0.15) is 0 Å². The van der Waals surface area contributed by atoms with E-state index in [0.717, 1.165) is 12.0 Å². The highest BCUT2D eigenvalue weighted by molar-refractivity contribution is 5.94. The zero-order valence-electron chi connectivity index (χ0n) is 11.1. The van der Waals surface area contributed by atoms with Gasteiger partial charge in [-0.05, 0) is 24.1 Å². The van der Waals surface area contributed by atoms with Gasteiger partial charge in [0.1, 0.15) is 5.82 Å². The van der Waals surface area contributed by atoms with Gasteiger partial charge in [-0.3, -0.25) is 4.40 Å². The van der Waals surface area contributed by atoms with Crippen LogP contribution in [0.25, 0.3) is 16.9 Å². The van der Waals surface area contributed by atoms with Gasteiger partial charge in [0.15, 0.2) is 5.69 Å². The van der Waals surface area contributed by atoms with Crippen molar-refractivity contribution in [2.45, 2.75) is 13.3 Å². The summed E-state index contributed by atoms with van der Waals surface area (Å²) >= 11 is 0. The fourth-order valence-electron chi connectivity index (χ4n) is 2.29. The molecule has 2 heterocycles. The number of nitrogens with zero attached hydrogens (tertiary/aromatic N) is 2. The molecular formula is C16H14N2O2. The number of benzene rings is 1. The van der Waals surface area contributed by atoms with E-state index < -0.39 is 5.97 Å². The van der Waals surface area contributed by atoms with E-state index in [1.807, 2.05) is 47.0 Å². The van der Waals surface area contributed by atoms with E-state index >= 15 is 0 Å². The first kappa shape index (κ1) is 12.4. The molecule has 0 spiro atoms. The van der Waals surface area contributed by atoms with Crippen molar-refractivity contribution in [2.24, 2.45) is 0 Å². The molecule has 20 heavy (non-hydrogen) atoms. The lowest BCUT2D eigenvalue weighted by molar-refractivity contribution is 0.0693. The summed E-state index contributed by atoms with van der Waals surface area (Å²) < 4.78 is 1.81. The molecule has 0 saturated heterocycles. The Hall–Kier alpha value is -2.62. The molecule has 100 valence electrons. The van der Waals surface area contributed by atoms with Crippen LogP contribution in [0.15, 0.2) is 48.7 Å². The van der Waals surface area contributed by atoms with Crippen molar-refractivity contribution >= 4 is 11.5 Å². The van der Waals surface area contributed by atoms with Crippen LogP contribution in [0.1, 0.15) is 23.0 Å². The van der Waals surface area contributed by atoms with E-state index in [0.29, 0.717) is 11.3 Å². The lowest BCUT2D eigenvalue weighted by Gasteiger charge is -2.02. The van der Waals surface area contributed by atoms with Crippen molar-refractivity contribution in [3.63, 3.8) is 0 Å². The minimum atomic E-state index is -1.01. The van der Waals surface area contributed by atoms with Gasteiger partial charge < -0.3 is 5.11 Å². The molecule has 3 rings (SSSR count). The summed E-state index contributed by atoms with van der Waals surface area (Å²) in [4.78, 5) is 15.6. The van der Waals surface area contributed by atoms with Crippen LogP contribution >= 0.6 is 0 Å². The predicted molar refractivity (Wildman–Crippen MR) is 77.0 cm³/mol. The fraction of sp³-hybridized carbons (Fsp3) is 0.125. The molecular weight excluding hydrogens is 252 g/mol. The molecule has 0 atom stereocenters. The number of aromatic nitrogens is 2. The summed E-state index contributed by atoms with van der Waals surface area (Å²) in [6, 6.07) is 13.5. The molecule has 0 fully saturated rings. The van der Waals surface area contributed by atoms with Crippen LogP contribution < -0.4 is 0 Å². The summed E-state index contributed by atoms with van der Waals surface area (Å²) in [5, 5.41) is 9.25. The van der Waals surface area contributed by atoms with Crippen LogP contribution in [0.3, 0.4) is 0 Å². The quantitative estimate of drug-likeness (QED) is 0.791. The molecule has 4 nitrogen and oxygen atoms in total.